The van der Waals surface area contributed by atoms with Crippen LogP contribution in [0.25, 0.3) is 11.7 Å². The number of fused-ring (bicyclic) bond motifs is 1. The third-order valence-electron chi connectivity index (χ3n) is 4.24. The first-order valence-electron chi connectivity index (χ1n) is 8.81. The lowest BCUT2D eigenvalue weighted by molar-refractivity contribution is 0.435. The van der Waals surface area contributed by atoms with Gasteiger partial charge in [-0.2, -0.15) is 19.6 Å². The van der Waals surface area contributed by atoms with Gasteiger partial charge in [0.1, 0.15) is 11.4 Å². The molecule has 3 N–H and O–H groups in total. The minimum absolute atomic E-state index is 0.0844. The van der Waals surface area contributed by atoms with Gasteiger partial charge in [-0.3, -0.25) is 4.98 Å². The average molecular weight is 412 g/mol. The Balaban J connectivity index is 1.68. The molecule has 0 amide bonds. The van der Waals surface area contributed by atoms with Crippen LogP contribution >= 0.6 is 11.6 Å². The Morgan fingerprint density at radius 2 is 2.17 bits per heavy atom. The zero-order valence-corrected chi connectivity index (χ0v) is 15.6. The first kappa shape index (κ1) is 17.4. The summed E-state index contributed by atoms with van der Waals surface area (Å²) in [7, 11) is 0. The smallest absolute Gasteiger partial charge is 0.327 e. The Morgan fingerprint density at radius 3 is 2.90 bits per heavy atom. The van der Waals surface area contributed by atoms with Crippen molar-refractivity contribution in [2.75, 3.05) is 0 Å². The third-order valence-corrected chi connectivity index (χ3v) is 4.48. The molecule has 0 bridgehead atoms. The molecule has 1 aliphatic rings. The number of H-pyrrole nitrogens is 2. The summed E-state index contributed by atoms with van der Waals surface area (Å²) in [5.41, 5.74) is 0.467. The van der Waals surface area contributed by atoms with Gasteiger partial charge >= 0.3 is 11.7 Å². The number of rotatable bonds is 4. The van der Waals surface area contributed by atoms with E-state index in [1.807, 2.05) is 0 Å². The summed E-state index contributed by atoms with van der Waals surface area (Å²) < 4.78 is 7.27. The van der Waals surface area contributed by atoms with Gasteiger partial charge in [-0.05, 0) is 37.1 Å². The Morgan fingerprint density at radius 1 is 1.31 bits per heavy atom. The van der Waals surface area contributed by atoms with Gasteiger partial charge in [-0.15, -0.1) is 0 Å². The zero-order chi connectivity index (χ0) is 20.0. The van der Waals surface area contributed by atoms with Crippen LogP contribution in [0.4, 0.5) is 0 Å². The fourth-order valence-corrected chi connectivity index (χ4v) is 2.92. The molecule has 1 saturated carbocycles. The van der Waals surface area contributed by atoms with Gasteiger partial charge in [0.25, 0.3) is 5.62 Å². The zero-order valence-electron chi connectivity index (χ0n) is 14.8. The maximum atomic E-state index is 11.4. The maximum absolute atomic E-state index is 11.4. The molecule has 3 aromatic heterocycles. The topological polar surface area (TPSA) is 134 Å². The van der Waals surface area contributed by atoms with Gasteiger partial charge < -0.3 is 14.8 Å². The Bertz CT molecular complexity index is 1400. The summed E-state index contributed by atoms with van der Waals surface area (Å²) in [4.78, 5) is 29.5. The molecule has 3 heterocycles. The number of nitrogens with one attached hydrogen (secondary N) is 2. The maximum Gasteiger partial charge on any atom is 0.327 e. The van der Waals surface area contributed by atoms with E-state index < -0.39 is 5.69 Å². The highest BCUT2D eigenvalue weighted by Crippen LogP contribution is 2.23. The molecule has 0 atom stereocenters. The third kappa shape index (κ3) is 3.57. The average Bonchev–Trinajstić information content (AvgIpc) is 3.31. The van der Waals surface area contributed by atoms with Crippen molar-refractivity contribution >= 4 is 23.3 Å². The van der Waals surface area contributed by atoms with E-state index >= 15 is 0 Å². The monoisotopic (exact) mass is 411 g/mol. The van der Waals surface area contributed by atoms with Crippen molar-refractivity contribution in [3.05, 3.63) is 62.5 Å². The fourth-order valence-electron chi connectivity index (χ4n) is 2.74. The molecule has 4 aromatic rings. The number of aromatic hydroxyl groups is 1. The number of benzene rings is 1. The number of aromatic nitrogens is 6. The second-order valence-corrected chi connectivity index (χ2v) is 6.98. The van der Waals surface area contributed by atoms with Crippen LogP contribution < -0.4 is 21.3 Å². The first-order chi connectivity index (χ1) is 14.0. The van der Waals surface area contributed by atoms with Crippen molar-refractivity contribution in [3.63, 3.8) is 0 Å². The van der Waals surface area contributed by atoms with Crippen molar-refractivity contribution in [3.8, 4) is 17.6 Å². The van der Waals surface area contributed by atoms with Crippen molar-refractivity contribution < 1.29 is 9.84 Å². The van der Waals surface area contributed by atoms with Crippen molar-refractivity contribution in [1.29, 1.82) is 0 Å². The van der Waals surface area contributed by atoms with E-state index in [4.69, 9.17) is 16.3 Å². The van der Waals surface area contributed by atoms with E-state index in [-0.39, 0.29) is 23.6 Å². The van der Waals surface area contributed by atoms with Crippen molar-refractivity contribution in [1.82, 2.24) is 29.5 Å². The number of imidazole rings is 1. The van der Waals surface area contributed by atoms with Crippen LogP contribution in [0.2, 0.25) is 5.02 Å². The molecule has 5 rings (SSSR count). The number of ether oxygens (including phenoxy) is 1. The number of halogens is 1. The van der Waals surface area contributed by atoms with Crippen LogP contribution in [0, 0.1) is 0 Å². The van der Waals surface area contributed by atoms with Crippen LogP contribution in [0.1, 0.15) is 18.5 Å². The predicted octanol–water partition coefficient (Wildman–Crippen LogP) is 0.903. The van der Waals surface area contributed by atoms with E-state index in [0.717, 1.165) is 12.8 Å². The summed E-state index contributed by atoms with van der Waals surface area (Å²) in [6, 6.07) is 7.17. The molecule has 29 heavy (non-hydrogen) atoms. The Hall–Kier alpha value is -3.66. The van der Waals surface area contributed by atoms with E-state index in [1.54, 1.807) is 36.5 Å². The number of hydrogen-bond donors (Lipinski definition) is 3. The summed E-state index contributed by atoms with van der Waals surface area (Å²) in [6.45, 7) is 0. The van der Waals surface area contributed by atoms with E-state index in [1.165, 1.54) is 4.52 Å². The minimum Gasteiger partial charge on any atom is -0.493 e. The normalized spacial score (nSPS) is 15.3. The van der Waals surface area contributed by atoms with Crippen molar-refractivity contribution in [2.24, 2.45) is 4.99 Å². The lowest BCUT2D eigenvalue weighted by Gasteiger charge is -2.04. The number of nitrogens with zero attached hydrogens (tertiary/aromatic N) is 5. The molecule has 0 radical (unpaired) electrons. The van der Waals surface area contributed by atoms with Gasteiger partial charge in [0, 0.05) is 10.2 Å². The van der Waals surface area contributed by atoms with Gasteiger partial charge in [-0.25, -0.2) is 9.79 Å². The second-order valence-electron chi connectivity index (χ2n) is 6.55. The highest BCUT2D eigenvalue weighted by atomic mass is 35.5. The van der Waals surface area contributed by atoms with E-state index in [2.05, 4.69) is 30.0 Å². The standard InChI is InChI=1S/C18H14ClN7O3/c19-10-2-1-3-12(7-10)29-18-23-14-9(6-13-15(27)24-17(28)22-13)8-20-26(14)16(25-18)21-11-4-5-11/h1-3,6-8,11,27H,4-5H2,(H2,22,24,28)/b9-6-,21-16?. The predicted molar refractivity (Wildman–Crippen MR) is 103 cm³/mol. The van der Waals surface area contributed by atoms with Crippen LogP contribution in [0.3, 0.4) is 0 Å². The lowest BCUT2D eigenvalue weighted by Crippen LogP contribution is -2.23. The van der Waals surface area contributed by atoms with Gasteiger partial charge in [-0.1, -0.05) is 17.7 Å². The summed E-state index contributed by atoms with van der Waals surface area (Å²) in [5, 5.41) is 15.2. The molecule has 11 heteroatoms. The number of hydrogen-bond acceptors (Lipinski definition) is 7. The van der Waals surface area contributed by atoms with Gasteiger partial charge in [0.2, 0.25) is 5.88 Å². The summed E-state index contributed by atoms with van der Waals surface area (Å²) in [6.07, 6.45) is 5.08. The van der Waals surface area contributed by atoms with Crippen LogP contribution in [0.5, 0.6) is 17.6 Å². The largest absolute Gasteiger partial charge is 0.493 e. The second kappa shape index (κ2) is 6.74. The summed E-state index contributed by atoms with van der Waals surface area (Å²) >= 11 is 6.02. The SMILES string of the molecule is O=c1[nH]c(O)c(/C=c2/cnn3c(=NC4CC4)nc(Oc4cccc(Cl)c4)nc23)[nH]1. The highest BCUT2D eigenvalue weighted by molar-refractivity contribution is 6.30. The molecule has 0 aliphatic heterocycles. The Kier molecular flexibility index (Phi) is 4.06. The van der Waals surface area contributed by atoms with Crippen LogP contribution in [0.15, 0.2) is 40.2 Å². The highest BCUT2D eigenvalue weighted by Gasteiger charge is 2.21. The molecule has 1 aliphatic carbocycles. The minimum atomic E-state index is -0.519. The van der Waals surface area contributed by atoms with E-state index in [9.17, 15) is 9.90 Å². The molecule has 0 spiro atoms. The van der Waals surface area contributed by atoms with Gasteiger partial charge in [0.05, 0.1) is 12.2 Å². The van der Waals surface area contributed by atoms with E-state index in [0.29, 0.717) is 27.3 Å². The van der Waals surface area contributed by atoms with Crippen LogP contribution in [-0.4, -0.2) is 40.7 Å². The molecule has 146 valence electrons. The molecule has 0 saturated heterocycles. The fraction of sp³-hybridized carbons (Fsp3) is 0.167. The first-order valence-corrected chi connectivity index (χ1v) is 9.19. The molecular formula is C18H14ClN7O3. The molecular weight excluding hydrogens is 398 g/mol. The van der Waals surface area contributed by atoms with Crippen molar-refractivity contribution in [2.45, 2.75) is 18.9 Å². The Labute approximate surface area is 167 Å². The molecule has 0 unspecified atom stereocenters. The molecule has 10 nitrogen and oxygen atoms in total. The van der Waals surface area contributed by atoms with Gasteiger partial charge in [0.15, 0.2) is 5.65 Å². The summed E-state index contributed by atoms with van der Waals surface area (Å²) in [5.74, 6) is 0.207. The van der Waals surface area contributed by atoms with Crippen LogP contribution in [-0.2, 0) is 0 Å². The molecule has 1 fully saturated rings. The lowest BCUT2D eigenvalue weighted by atomic mass is 10.3. The number of aromatic amines is 2. The quantitative estimate of drug-likeness (QED) is 0.457. The molecule has 1 aromatic carbocycles.